The molecule has 196 valence electrons. The second-order valence-electron chi connectivity index (χ2n) is 9.75. The maximum absolute atomic E-state index is 12.0. The van der Waals surface area contributed by atoms with E-state index in [-0.39, 0.29) is 11.5 Å². The fourth-order valence-electron chi connectivity index (χ4n) is 2.95. The number of carbonyl (C=O) groups excluding carboxylic acids is 1. The van der Waals surface area contributed by atoms with Crippen LogP contribution in [-0.2, 0) is 21.6 Å². The van der Waals surface area contributed by atoms with Crippen LogP contribution < -0.4 is 14.8 Å². The lowest BCUT2D eigenvalue weighted by molar-refractivity contribution is -0.143. The van der Waals surface area contributed by atoms with Crippen LogP contribution in [0.25, 0.3) is 0 Å². The highest BCUT2D eigenvalue weighted by Gasteiger charge is 2.24. The van der Waals surface area contributed by atoms with Gasteiger partial charge in [-0.25, -0.2) is 0 Å². The van der Waals surface area contributed by atoms with E-state index in [4.69, 9.17) is 27.0 Å². The van der Waals surface area contributed by atoms with E-state index < -0.39 is 21.9 Å². The summed E-state index contributed by atoms with van der Waals surface area (Å²) < 4.78 is 42.4. The first kappa shape index (κ1) is 30.5. The molecule has 9 nitrogen and oxygen atoms in total. The molecule has 35 heavy (non-hydrogen) atoms. The topological polar surface area (TPSA) is 142 Å². The van der Waals surface area contributed by atoms with Crippen LogP contribution in [0.5, 0.6) is 11.5 Å². The zero-order valence-electron chi connectivity index (χ0n) is 21.1. The summed E-state index contributed by atoms with van der Waals surface area (Å²) in [6, 6.07) is 15.1. The summed E-state index contributed by atoms with van der Waals surface area (Å²) in [5.74, 6) is 1.10. The maximum atomic E-state index is 12.0. The fraction of sp³-hybridized carbons (Fsp3) is 0.480. The normalized spacial score (nSPS) is 12.8. The van der Waals surface area contributed by atoms with E-state index in [1.54, 1.807) is 31.4 Å². The molecule has 0 aromatic heterocycles. The molecule has 0 amide bonds. The third-order valence-electron chi connectivity index (χ3n) is 5.07. The number of benzene rings is 2. The van der Waals surface area contributed by atoms with Crippen LogP contribution in [0, 0.1) is 5.41 Å². The van der Waals surface area contributed by atoms with Crippen molar-refractivity contribution in [3.8, 4) is 11.5 Å². The van der Waals surface area contributed by atoms with Crippen LogP contribution >= 0.6 is 0 Å². The van der Waals surface area contributed by atoms with Crippen molar-refractivity contribution in [1.29, 1.82) is 0 Å². The van der Waals surface area contributed by atoms with Crippen molar-refractivity contribution in [2.24, 2.45) is 5.41 Å². The standard InChI is InChI=1S/C25H35NO4.H2O4S/c1-24(2,3)23(28)30-20-13-11-18(12-14-20)21(27)17-26-25(4,5)16-15-19-9-7-8-10-22(19)29-6;1-5(2,3)4/h7-14,21,26-27H,15-17H2,1-6H3;(H2,1,2,3,4). The molecule has 2 aromatic carbocycles. The quantitative estimate of drug-likeness (QED) is 0.223. The zero-order valence-corrected chi connectivity index (χ0v) is 21.9. The first-order valence-electron chi connectivity index (χ1n) is 11.1. The van der Waals surface area contributed by atoms with E-state index in [1.807, 2.05) is 39.0 Å². The molecule has 1 atom stereocenters. The minimum absolute atomic E-state index is 0.149. The summed E-state index contributed by atoms with van der Waals surface area (Å²) >= 11 is 0. The van der Waals surface area contributed by atoms with Gasteiger partial charge in [0.15, 0.2) is 0 Å². The lowest BCUT2D eigenvalue weighted by atomic mass is 9.94. The molecule has 10 heteroatoms. The van der Waals surface area contributed by atoms with Crippen LogP contribution in [0.15, 0.2) is 48.5 Å². The molecule has 0 radical (unpaired) electrons. The fourth-order valence-corrected chi connectivity index (χ4v) is 2.95. The minimum atomic E-state index is -4.67. The number of aliphatic hydroxyl groups is 1. The van der Waals surface area contributed by atoms with E-state index in [0.717, 1.165) is 24.2 Å². The van der Waals surface area contributed by atoms with Crippen molar-refractivity contribution >= 4 is 16.4 Å². The van der Waals surface area contributed by atoms with E-state index in [1.165, 1.54) is 5.56 Å². The largest absolute Gasteiger partial charge is 0.496 e. The number of hydrogen-bond acceptors (Lipinski definition) is 7. The Kier molecular flexibility index (Phi) is 11.3. The minimum Gasteiger partial charge on any atom is -0.496 e. The molecule has 0 saturated heterocycles. The van der Waals surface area contributed by atoms with Crippen molar-refractivity contribution in [3.05, 3.63) is 59.7 Å². The first-order valence-corrected chi connectivity index (χ1v) is 12.5. The summed E-state index contributed by atoms with van der Waals surface area (Å²) in [7, 11) is -2.98. The molecule has 0 aliphatic carbocycles. The zero-order chi connectivity index (χ0) is 26.9. The third-order valence-corrected chi connectivity index (χ3v) is 5.07. The number of carbonyl (C=O) groups is 1. The Balaban J connectivity index is 0.00000111. The number of β-amino-alcohol motifs (C(OH)–C–C–N with tert-alkyl or cyclic N) is 1. The van der Waals surface area contributed by atoms with Gasteiger partial charge in [-0.2, -0.15) is 8.42 Å². The number of nitrogens with one attached hydrogen (secondary N) is 1. The molecule has 2 rings (SSSR count). The number of aliphatic hydroxyl groups excluding tert-OH is 1. The molecule has 0 spiro atoms. The van der Waals surface area contributed by atoms with E-state index in [2.05, 4.69) is 25.2 Å². The van der Waals surface area contributed by atoms with Gasteiger partial charge in [-0.05, 0) is 76.8 Å². The SMILES string of the molecule is COc1ccccc1CCC(C)(C)NCC(O)c1ccc(OC(=O)C(C)(C)C)cc1.O=S(=O)(O)O. The van der Waals surface area contributed by atoms with Crippen molar-refractivity contribution in [2.75, 3.05) is 13.7 Å². The molecule has 0 fully saturated rings. The average Bonchev–Trinajstić information content (AvgIpc) is 2.75. The third kappa shape index (κ3) is 12.7. The Morgan fingerprint density at radius 3 is 2.06 bits per heavy atom. The molecule has 0 bridgehead atoms. The number of ether oxygens (including phenoxy) is 2. The van der Waals surface area contributed by atoms with E-state index >= 15 is 0 Å². The van der Waals surface area contributed by atoms with Crippen LogP contribution in [0.2, 0.25) is 0 Å². The molecule has 0 saturated carbocycles. The molecule has 4 N–H and O–H groups in total. The number of esters is 1. The van der Waals surface area contributed by atoms with E-state index in [9.17, 15) is 9.90 Å². The Hall–Kier alpha value is -2.50. The lowest BCUT2D eigenvalue weighted by Gasteiger charge is -2.28. The number of hydrogen-bond donors (Lipinski definition) is 4. The highest BCUT2D eigenvalue weighted by molar-refractivity contribution is 7.79. The van der Waals surface area contributed by atoms with Gasteiger partial charge < -0.3 is 19.9 Å². The predicted octanol–water partition coefficient (Wildman–Crippen LogP) is 4.03. The van der Waals surface area contributed by atoms with Gasteiger partial charge in [0.05, 0.1) is 18.6 Å². The van der Waals surface area contributed by atoms with Gasteiger partial charge in [0.2, 0.25) is 0 Å². The monoisotopic (exact) mass is 511 g/mol. The molecule has 0 aliphatic heterocycles. The number of para-hydroxylation sites is 1. The average molecular weight is 512 g/mol. The molecular weight excluding hydrogens is 474 g/mol. The predicted molar refractivity (Wildman–Crippen MR) is 134 cm³/mol. The molecule has 2 aromatic rings. The van der Waals surface area contributed by atoms with Gasteiger partial charge in [0, 0.05) is 12.1 Å². The van der Waals surface area contributed by atoms with Crippen molar-refractivity contribution in [2.45, 2.75) is 59.1 Å². The van der Waals surface area contributed by atoms with Crippen LogP contribution in [0.4, 0.5) is 0 Å². The summed E-state index contributed by atoms with van der Waals surface area (Å²) in [5, 5.41) is 14.0. The summed E-state index contributed by atoms with van der Waals surface area (Å²) in [6.07, 6.45) is 1.14. The van der Waals surface area contributed by atoms with Crippen molar-refractivity contribution in [3.63, 3.8) is 0 Å². The number of methoxy groups -OCH3 is 1. The van der Waals surface area contributed by atoms with Gasteiger partial charge in [-0.1, -0.05) is 30.3 Å². The van der Waals surface area contributed by atoms with Gasteiger partial charge in [0.25, 0.3) is 0 Å². The van der Waals surface area contributed by atoms with Crippen LogP contribution in [-0.4, -0.2) is 47.8 Å². The summed E-state index contributed by atoms with van der Waals surface area (Å²) in [5.41, 5.74) is 1.25. The number of rotatable bonds is 9. The highest BCUT2D eigenvalue weighted by Crippen LogP contribution is 2.24. The van der Waals surface area contributed by atoms with Gasteiger partial charge in [-0.15, -0.1) is 0 Å². The van der Waals surface area contributed by atoms with Gasteiger partial charge in [-0.3, -0.25) is 13.9 Å². The van der Waals surface area contributed by atoms with Crippen LogP contribution in [0.3, 0.4) is 0 Å². The Morgan fingerprint density at radius 2 is 1.54 bits per heavy atom. The second-order valence-corrected chi connectivity index (χ2v) is 10.6. The van der Waals surface area contributed by atoms with Crippen LogP contribution in [0.1, 0.15) is 58.3 Å². The Bertz CT molecular complexity index is 1040. The maximum Gasteiger partial charge on any atom is 0.394 e. The van der Waals surface area contributed by atoms with Crippen molar-refractivity contribution in [1.82, 2.24) is 5.32 Å². The highest BCUT2D eigenvalue weighted by atomic mass is 32.3. The Labute approximate surface area is 208 Å². The summed E-state index contributed by atoms with van der Waals surface area (Å²) in [6.45, 7) is 10.1. The smallest absolute Gasteiger partial charge is 0.394 e. The van der Waals surface area contributed by atoms with Crippen molar-refractivity contribution < 1.29 is 36.9 Å². The molecule has 0 aliphatic rings. The van der Waals surface area contributed by atoms with Gasteiger partial charge in [0.1, 0.15) is 11.5 Å². The lowest BCUT2D eigenvalue weighted by Crippen LogP contribution is -2.42. The second kappa shape index (κ2) is 13.0. The van der Waals surface area contributed by atoms with E-state index in [0.29, 0.717) is 12.3 Å². The van der Waals surface area contributed by atoms with Gasteiger partial charge >= 0.3 is 16.4 Å². The number of aryl methyl sites for hydroxylation is 1. The molecular formula is C25H37NO8S. The Morgan fingerprint density at radius 1 is 1.00 bits per heavy atom. The molecule has 1 unspecified atom stereocenters. The summed E-state index contributed by atoms with van der Waals surface area (Å²) in [4.78, 5) is 12.0. The molecule has 0 heterocycles. The first-order chi connectivity index (χ1) is 16.0.